The number of benzene rings is 2. The molecular weight excluding hydrogens is 428 g/mol. The number of nitrogens with zero attached hydrogens (tertiary/aromatic N) is 1. The number of carbonyl (C=O) groups is 2. The van der Waals surface area contributed by atoms with E-state index in [-0.39, 0.29) is 23.0 Å². The van der Waals surface area contributed by atoms with Crippen molar-refractivity contribution in [3.63, 3.8) is 0 Å². The van der Waals surface area contributed by atoms with Crippen LogP contribution in [0.4, 0.5) is 0 Å². The Kier molecular flexibility index (Phi) is 8.20. The number of sulfonamides is 1. The first kappa shape index (κ1) is 25.5. The first-order valence-corrected chi connectivity index (χ1v) is 11.9. The van der Waals surface area contributed by atoms with E-state index in [1.165, 1.54) is 20.2 Å². The summed E-state index contributed by atoms with van der Waals surface area (Å²) in [6.07, 6.45) is -0.309. The largest absolute Gasteiger partial charge is 0.463 e. The lowest BCUT2D eigenvalue weighted by molar-refractivity contribution is -0.147. The Balaban J connectivity index is 2.41. The van der Waals surface area contributed by atoms with E-state index in [1.54, 1.807) is 33.8 Å². The van der Waals surface area contributed by atoms with Crippen LogP contribution in [0, 0.1) is 20.8 Å². The first-order chi connectivity index (χ1) is 14.8. The molecule has 32 heavy (non-hydrogen) atoms. The first-order valence-electron chi connectivity index (χ1n) is 10.4. The lowest BCUT2D eigenvalue weighted by atomic mass is 10.0. The van der Waals surface area contributed by atoms with Crippen molar-refractivity contribution in [3.8, 4) is 0 Å². The lowest BCUT2D eigenvalue weighted by Crippen LogP contribution is -2.31. The number of amides is 1. The monoisotopic (exact) mass is 460 g/mol. The Bertz CT molecular complexity index is 1090. The SMILES string of the molecule is Cc1ccc(C(CC(=O)OC(C)C)NC(=O)c2cc(C)c(C)c(S(=O)(=O)N(C)C)c2)cc1. The van der Waals surface area contributed by atoms with Crippen LogP contribution in [0.25, 0.3) is 0 Å². The maximum atomic E-state index is 13.1. The van der Waals surface area contributed by atoms with Crippen LogP contribution in [0.1, 0.15) is 58.9 Å². The molecule has 0 aromatic heterocycles. The highest BCUT2D eigenvalue weighted by Crippen LogP contribution is 2.25. The minimum Gasteiger partial charge on any atom is -0.463 e. The molecule has 174 valence electrons. The molecule has 1 amide bonds. The van der Waals surface area contributed by atoms with Crippen molar-refractivity contribution in [2.75, 3.05) is 14.1 Å². The van der Waals surface area contributed by atoms with Crippen LogP contribution in [0.2, 0.25) is 0 Å². The molecule has 0 aliphatic carbocycles. The lowest BCUT2D eigenvalue weighted by Gasteiger charge is -2.21. The number of hydrogen-bond donors (Lipinski definition) is 1. The summed E-state index contributed by atoms with van der Waals surface area (Å²) in [6.45, 7) is 8.95. The van der Waals surface area contributed by atoms with E-state index in [1.807, 2.05) is 31.2 Å². The predicted molar refractivity (Wildman–Crippen MR) is 124 cm³/mol. The number of nitrogens with one attached hydrogen (secondary N) is 1. The highest BCUT2D eigenvalue weighted by molar-refractivity contribution is 7.89. The van der Waals surface area contributed by atoms with Gasteiger partial charge in [-0.15, -0.1) is 0 Å². The summed E-state index contributed by atoms with van der Waals surface area (Å²) in [7, 11) is -0.827. The van der Waals surface area contributed by atoms with Gasteiger partial charge in [0.25, 0.3) is 5.91 Å². The van der Waals surface area contributed by atoms with Crippen LogP contribution in [0.5, 0.6) is 0 Å². The molecule has 2 rings (SSSR count). The second kappa shape index (κ2) is 10.3. The Labute approximate surface area is 190 Å². The normalized spacial score (nSPS) is 12.7. The van der Waals surface area contributed by atoms with Crippen molar-refractivity contribution in [2.24, 2.45) is 0 Å². The van der Waals surface area contributed by atoms with E-state index < -0.39 is 27.9 Å². The summed E-state index contributed by atoms with van der Waals surface area (Å²) in [6, 6.07) is 9.92. The minimum atomic E-state index is -3.72. The third kappa shape index (κ3) is 6.17. The zero-order chi connectivity index (χ0) is 24.2. The zero-order valence-corrected chi connectivity index (χ0v) is 20.5. The smallest absolute Gasteiger partial charge is 0.308 e. The molecule has 0 heterocycles. The van der Waals surface area contributed by atoms with E-state index >= 15 is 0 Å². The molecular formula is C24H32N2O5S. The average Bonchev–Trinajstić information content (AvgIpc) is 2.69. The molecule has 0 fully saturated rings. The Morgan fingerprint density at radius 3 is 2.16 bits per heavy atom. The van der Waals surface area contributed by atoms with Crippen LogP contribution in [0.3, 0.4) is 0 Å². The van der Waals surface area contributed by atoms with Crippen LogP contribution >= 0.6 is 0 Å². The highest BCUT2D eigenvalue weighted by Gasteiger charge is 2.25. The number of rotatable bonds is 8. The Hall–Kier alpha value is -2.71. The predicted octanol–water partition coefficient (Wildman–Crippen LogP) is 3.67. The summed E-state index contributed by atoms with van der Waals surface area (Å²) in [5, 5.41) is 2.88. The van der Waals surface area contributed by atoms with Crippen LogP contribution in [-0.2, 0) is 19.6 Å². The summed E-state index contributed by atoms with van der Waals surface area (Å²) < 4.78 is 31.9. The van der Waals surface area contributed by atoms with Gasteiger partial charge in [0.2, 0.25) is 10.0 Å². The molecule has 0 spiro atoms. The maximum absolute atomic E-state index is 13.1. The molecule has 2 aromatic rings. The van der Waals surface area contributed by atoms with E-state index in [9.17, 15) is 18.0 Å². The van der Waals surface area contributed by atoms with Gasteiger partial charge in [0.1, 0.15) is 0 Å². The Morgan fingerprint density at radius 1 is 1.03 bits per heavy atom. The van der Waals surface area contributed by atoms with E-state index in [4.69, 9.17) is 4.74 Å². The number of aryl methyl sites for hydroxylation is 2. The molecule has 1 atom stereocenters. The zero-order valence-electron chi connectivity index (χ0n) is 19.7. The quantitative estimate of drug-likeness (QED) is 0.607. The molecule has 0 aliphatic heterocycles. The fourth-order valence-electron chi connectivity index (χ4n) is 3.19. The third-order valence-corrected chi connectivity index (χ3v) is 7.10. The number of hydrogen-bond acceptors (Lipinski definition) is 5. The maximum Gasteiger partial charge on any atom is 0.308 e. The van der Waals surface area contributed by atoms with E-state index in [2.05, 4.69) is 5.32 Å². The van der Waals surface area contributed by atoms with Crippen molar-refractivity contribution < 1.29 is 22.7 Å². The van der Waals surface area contributed by atoms with Gasteiger partial charge in [-0.1, -0.05) is 29.8 Å². The average molecular weight is 461 g/mol. The summed E-state index contributed by atoms with van der Waals surface area (Å²) in [5.41, 5.74) is 3.30. The molecule has 1 unspecified atom stereocenters. The van der Waals surface area contributed by atoms with Crippen molar-refractivity contribution in [2.45, 2.75) is 58.1 Å². The van der Waals surface area contributed by atoms with Gasteiger partial charge >= 0.3 is 5.97 Å². The minimum absolute atomic E-state index is 0.0410. The van der Waals surface area contributed by atoms with Gasteiger partial charge < -0.3 is 10.1 Å². The molecule has 0 saturated carbocycles. The number of carbonyl (C=O) groups excluding carboxylic acids is 2. The molecule has 0 saturated heterocycles. The second-order valence-corrected chi connectivity index (χ2v) is 10.5. The van der Waals surface area contributed by atoms with Crippen LogP contribution in [-0.4, -0.2) is 44.8 Å². The fourth-order valence-corrected chi connectivity index (χ4v) is 4.41. The van der Waals surface area contributed by atoms with Gasteiger partial charge in [0.15, 0.2) is 0 Å². The van der Waals surface area contributed by atoms with Gasteiger partial charge in [-0.3, -0.25) is 9.59 Å². The standard InChI is InChI=1S/C24H32N2O5S/c1-15(2)31-23(27)14-21(19-10-8-16(3)9-11-19)25-24(28)20-12-17(4)18(5)22(13-20)32(29,30)26(6)7/h8-13,15,21H,14H2,1-7H3,(H,25,28). The van der Waals surface area contributed by atoms with Crippen molar-refractivity contribution >= 4 is 21.9 Å². The summed E-state index contributed by atoms with van der Waals surface area (Å²) in [4.78, 5) is 25.5. The van der Waals surface area contributed by atoms with Crippen molar-refractivity contribution in [3.05, 3.63) is 64.2 Å². The molecule has 0 radical (unpaired) electrons. The highest BCUT2D eigenvalue weighted by atomic mass is 32.2. The van der Waals surface area contributed by atoms with Crippen molar-refractivity contribution in [1.29, 1.82) is 0 Å². The Morgan fingerprint density at radius 2 is 1.62 bits per heavy atom. The molecule has 0 bridgehead atoms. The molecule has 0 aliphatic rings. The van der Waals surface area contributed by atoms with Gasteiger partial charge in [-0.25, -0.2) is 12.7 Å². The molecule has 1 N–H and O–H groups in total. The van der Waals surface area contributed by atoms with Gasteiger partial charge in [0, 0.05) is 19.7 Å². The molecule has 7 nitrogen and oxygen atoms in total. The summed E-state index contributed by atoms with van der Waals surface area (Å²) in [5.74, 6) is -0.895. The fraction of sp³-hybridized carbons (Fsp3) is 0.417. The van der Waals surface area contributed by atoms with Gasteiger partial charge in [-0.05, 0) is 63.4 Å². The van der Waals surface area contributed by atoms with Crippen molar-refractivity contribution in [1.82, 2.24) is 9.62 Å². The topological polar surface area (TPSA) is 92.8 Å². The van der Waals surface area contributed by atoms with E-state index in [0.29, 0.717) is 11.1 Å². The molecule has 8 heteroatoms. The van der Waals surface area contributed by atoms with Crippen LogP contribution < -0.4 is 5.32 Å². The summed E-state index contributed by atoms with van der Waals surface area (Å²) >= 11 is 0. The number of esters is 1. The van der Waals surface area contributed by atoms with E-state index in [0.717, 1.165) is 15.4 Å². The van der Waals surface area contributed by atoms with Crippen LogP contribution in [0.15, 0.2) is 41.3 Å². The van der Waals surface area contributed by atoms with Gasteiger partial charge in [-0.2, -0.15) is 0 Å². The van der Waals surface area contributed by atoms with Gasteiger partial charge in [0.05, 0.1) is 23.5 Å². The molecule has 2 aromatic carbocycles. The number of ether oxygens (including phenoxy) is 1. The third-order valence-electron chi connectivity index (χ3n) is 5.16. The second-order valence-electron chi connectivity index (χ2n) is 8.38.